The Hall–Kier alpha value is -3.74. The zero-order valence-corrected chi connectivity index (χ0v) is 20.7. The van der Waals surface area contributed by atoms with Crippen LogP contribution in [0.4, 0.5) is 13.2 Å². The van der Waals surface area contributed by atoms with Crippen molar-refractivity contribution in [2.75, 3.05) is 20.2 Å². The normalized spacial score (nSPS) is 14.8. The molecule has 1 fully saturated rings. The number of carbonyl (C=O) groups excluding carboxylic acids is 1. The van der Waals surface area contributed by atoms with E-state index in [-0.39, 0.29) is 5.91 Å². The molecule has 3 aromatic carbocycles. The number of piperidine rings is 1. The first-order chi connectivity index (χ1) is 17.8. The number of ether oxygens (including phenoxy) is 1. The minimum atomic E-state index is -4.34. The Morgan fingerprint density at radius 2 is 1.57 bits per heavy atom. The van der Waals surface area contributed by atoms with Crippen LogP contribution in [0.1, 0.15) is 41.0 Å². The minimum Gasteiger partial charge on any atom is -0.497 e. The molecule has 4 nitrogen and oxygen atoms in total. The fraction of sp³-hybridized carbons (Fsp3) is 0.300. The topological polar surface area (TPSA) is 34.5 Å². The van der Waals surface area contributed by atoms with E-state index in [1.807, 2.05) is 41.3 Å². The fourth-order valence-electron chi connectivity index (χ4n) is 5.20. The summed E-state index contributed by atoms with van der Waals surface area (Å²) in [6.45, 7) is 1.91. The smallest absolute Gasteiger partial charge is 0.416 e. The lowest BCUT2D eigenvalue weighted by molar-refractivity contribution is -0.137. The van der Waals surface area contributed by atoms with E-state index in [2.05, 4.69) is 22.9 Å². The van der Waals surface area contributed by atoms with Gasteiger partial charge in [-0.3, -0.25) is 4.79 Å². The van der Waals surface area contributed by atoms with Crippen LogP contribution in [0, 0.1) is 0 Å². The molecule has 1 saturated heterocycles. The molecule has 4 aromatic rings. The number of fused-ring (bicyclic) bond motifs is 1. The molecule has 0 atom stereocenters. The molecule has 5 rings (SSSR count). The lowest BCUT2D eigenvalue weighted by Gasteiger charge is -2.32. The molecule has 2 heterocycles. The van der Waals surface area contributed by atoms with E-state index in [1.165, 1.54) is 5.56 Å². The first-order valence-electron chi connectivity index (χ1n) is 12.5. The van der Waals surface area contributed by atoms with Crippen molar-refractivity contribution < 1.29 is 22.7 Å². The first kappa shape index (κ1) is 24.9. The van der Waals surface area contributed by atoms with Gasteiger partial charge in [-0.25, -0.2) is 0 Å². The third-order valence-corrected chi connectivity index (χ3v) is 7.26. The Kier molecular flexibility index (Phi) is 6.96. The molecule has 0 saturated carbocycles. The Balaban J connectivity index is 1.27. The van der Waals surface area contributed by atoms with Gasteiger partial charge in [-0.15, -0.1) is 0 Å². The van der Waals surface area contributed by atoms with Gasteiger partial charge in [0, 0.05) is 36.7 Å². The lowest BCUT2D eigenvalue weighted by atomic mass is 9.89. The van der Waals surface area contributed by atoms with Crippen molar-refractivity contribution in [2.45, 2.75) is 37.9 Å². The van der Waals surface area contributed by atoms with Crippen LogP contribution in [0.15, 0.2) is 79.0 Å². The standard InChI is InChI=1S/C30H29F3N2O2/c1-37-25-12-8-21(9-13-25)18-29(36)34-16-14-23(15-17-34)27-20-35(28-5-3-2-4-26(27)28)19-22-6-10-24(11-7-22)30(31,32)33/h2-13,20,23H,14-19H2,1H3. The molecule has 0 spiro atoms. The predicted octanol–water partition coefficient (Wildman–Crippen LogP) is 6.67. The van der Waals surface area contributed by atoms with Crippen LogP contribution in [-0.4, -0.2) is 35.6 Å². The van der Waals surface area contributed by atoms with Gasteiger partial charge in [0.05, 0.1) is 19.1 Å². The average molecular weight is 507 g/mol. The van der Waals surface area contributed by atoms with Gasteiger partial charge in [-0.2, -0.15) is 13.2 Å². The van der Waals surface area contributed by atoms with Gasteiger partial charge in [-0.05, 0) is 65.8 Å². The molecule has 0 aliphatic carbocycles. The summed E-state index contributed by atoms with van der Waals surface area (Å²) in [7, 11) is 1.62. The highest BCUT2D eigenvalue weighted by Gasteiger charge is 2.30. The lowest BCUT2D eigenvalue weighted by Crippen LogP contribution is -2.38. The molecule has 1 aliphatic rings. The Morgan fingerprint density at radius 3 is 2.22 bits per heavy atom. The zero-order chi connectivity index (χ0) is 26.0. The van der Waals surface area contributed by atoms with Gasteiger partial charge in [0.1, 0.15) is 5.75 Å². The molecule has 1 aliphatic heterocycles. The number of para-hydroxylation sites is 1. The number of hydrogen-bond acceptors (Lipinski definition) is 2. The maximum Gasteiger partial charge on any atom is 0.416 e. The summed E-state index contributed by atoms with van der Waals surface area (Å²) in [4.78, 5) is 14.8. The van der Waals surface area contributed by atoms with Crippen molar-refractivity contribution in [1.29, 1.82) is 0 Å². The van der Waals surface area contributed by atoms with E-state index in [0.717, 1.165) is 52.8 Å². The summed E-state index contributed by atoms with van der Waals surface area (Å²) in [5, 5.41) is 1.16. The largest absolute Gasteiger partial charge is 0.497 e. The second-order valence-corrected chi connectivity index (χ2v) is 9.60. The highest BCUT2D eigenvalue weighted by molar-refractivity contribution is 5.85. The van der Waals surface area contributed by atoms with Gasteiger partial charge in [-0.1, -0.05) is 42.5 Å². The molecule has 1 amide bonds. The van der Waals surface area contributed by atoms with E-state index < -0.39 is 11.7 Å². The maximum absolute atomic E-state index is 12.9. The van der Waals surface area contributed by atoms with Gasteiger partial charge in [0.2, 0.25) is 5.91 Å². The van der Waals surface area contributed by atoms with Gasteiger partial charge in [0.15, 0.2) is 0 Å². The first-order valence-corrected chi connectivity index (χ1v) is 12.5. The summed E-state index contributed by atoms with van der Waals surface area (Å²) >= 11 is 0. The number of rotatable bonds is 6. The van der Waals surface area contributed by atoms with Crippen LogP contribution in [0.5, 0.6) is 5.75 Å². The number of hydrogen-bond donors (Lipinski definition) is 0. The Morgan fingerprint density at radius 1 is 0.919 bits per heavy atom. The monoisotopic (exact) mass is 506 g/mol. The molecule has 0 unspecified atom stereocenters. The molecule has 0 N–H and O–H groups in total. The number of methoxy groups -OCH3 is 1. The van der Waals surface area contributed by atoms with E-state index in [0.29, 0.717) is 32.0 Å². The molecule has 7 heteroatoms. The van der Waals surface area contributed by atoms with Crippen molar-refractivity contribution in [3.05, 3.63) is 101 Å². The number of alkyl halides is 3. The summed E-state index contributed by atoms with van der Waals surface area (Å²) in [6, 6.07) is 21.1. The van der Waals surface area contributed by atoms with Crippen molar-refractivity contribution >= 4 is 16.8 Å². The van der Waals surface area contributed by atoms with Crippen LogP contribution in [0.3, 0.4) is 0 Å². The second kappa shape index (κ2) is 10.3. The third kappa shape index (κ3) is 5.50. The van der Waals surface area contributed by atoms with Crippen LogP contribution in [0.25, 0.3) is 10.9 Å². The molecule has 0 radical (unpaired) electrons. The SMILES string of the molecule is COc1ccc(CC(=O)N2CCC(c3cn(Cc4ccc(C(F)(F)F)cc4)c4ccccc34)CC2)cc1. The van der Waals surface area contributed by atoms with Gasteiger partial charge >= 0.3 is 6.18 Å². The van der Waals surface area contributed by atoms with E-state index in [4.69, 9.17) is 4.74 Å². The minimum absolute atomic E-state index is 0.133. The predicted molar refractivity (Wildman–Crippen MR) is 138 cm³/mol. The zero-order valence-electron chi connectivity index (χ0n) is 20.7. The molecule has 0 bridgehead atoms. The third-order valence-electron chi connectivity index (χ3n) is 7.26. The molecular formula is C30H29F3N2O2. The van der Waals surface area contributed by atoms with Crippen molar-refractivity contribution in [3.8, 4) is 5.75 Å². The summed E-state index contributed by atoms with van der Waals surface area (Å²) in [5.74, 6) is 1.23. The van der Waals surface area contributed by atoms with E-state index in [9.17, 15) is 18.0 Å². The Labute approximate surface area is 214 Å². The average Bonchev–Trinajstić information content (AvgIpc) is 3.27. The van der Waals surface area contributed by atoms with Crippen LogP contribution >= 0.6 is 0 Å². The Bertz CT molecular complexity index is 1370. The number of aromatic nitrogens is 1. The molecular weight excluding hydrogens is 477 g/mol. The van der Waals surface area contributed by atoms with Crippen molar-refractivity contribution in [3.63, 3.8) is 0 Å². The summed E-state index contributed by atoms with van der Waals surface area (Å²) < 4.78 is 46.1. The number of likely N-dealkylation sites (tertiary alicyclic amines) is 1. The summed E-state index contributed by atoms with van der Waals surface area (Å²) in [6.07, 6.45) is -0.0645. The van der Waals surface area contributed by atoms with Crippen molar-refractivity contribution in [2.24, 2.45) is 0 Å². The van der Waals surface area contributed by atoms with E-state index in [1.54, 1.807) is 19.2 Å². The van der Waals surface area contributed by atoms with Gasteiger partial charge in [0.25, 0.3) is 0 Å². The van der Waals surface area contributed by atoms with Crippen LogP contribution in [-0.2, 0) is 23.9 Å². The second-order valence-electron chi connectivity index (χ2n) is 9.60. The number of benzene rings is 3. The van der Waals surface area contributed by atoms with Crippen LogP contribution < -0.4 is 4.74 Å². The number of amides is 1. The number of carbonyl (C=O) groups is 1. The molecule has 37 heavy (non-hydrogen) atoms. The quantitative estimate of drug-likeness (QED) is 0.293. The van der Waals surface area contributed by atoms with Crippen LogP contribution in [0.2, 0.25) is 0 Å². The molecule has 1 aromatic heterocycles. The number of nitrogens with zero attached hydrogens (tertiary/aromatic N) is 2. The van der Waals surface area contributed by atoms with Crippen molar-refractivity contribution in [1.82, 2.24) is 9.47 Å². The number of halogens is 3. The fourth-order valence-corrected chi connectivity index (χ4v) is 5.20. The maximum atomic E-state index is 12.9. The van der Waals surface area contributed by atoms with E-state index >= 15 is 0 Å². The highest BCUT2D eigenvalue weighted by Crippen LogP contribution is 2.35. The molecule has 192 valence electrons. The summed E-state index contributed by atoms with van der Waals surface area (Å²) in [5.41, 5.74) is 3.46. The van der Waals surface area contributed by atoms with Gasteiger partial charge < -0.3 is 14.2 Å². The highest BCUT2D eigenvalue weighted by atomic mass is 19.4.